The highest BCUT2D eigenvalue weighted by atomic mass is 16.6. The van der Waals surface area contributed by atoms with Crippen LogP contribution in [0.1, 0.15) is 26.3 Å². The van der Waals surface area contributed by atoms with Crippen LogP contribution in [0, 0.1) is 6.92 Å². The summed E-state index contributed by atoms with van der Waals surface area (Å²) in [6, 6.07) is 4.02. The van der Waals surface area contributed by atoms with E-state index in [2.05, 4.69) is 0 Å². The SMILES string of the molecule is Cc1cc(C(=O)OCC(O)COC(=O)c2cc(O)c(O)c(O)c2)cc(O)c1O. The topological polar surface area (TPSA) is 174 Å². The van der Waals surface area contributed by atoms with E-state index in [-0.39, 0.29) is 22.4 Å². The first-order valence-electron chi connectivity index (χ1n) is 7.90. The molecule has 1 atom stereocenters. The molecule has 0 aliphatic rings. The van der Waals surface area contributed by atoms with Gasteiger partial charge in [-0.2, -0.15) is 0 Å². The van der Waals surface area contributed by atoms with E-state index in [0.29, 0.717) is 0 Å². The van der Waals surface area contributed by atoms with E-state index in [9.17, 15) is 40.2 Å². The molecular weight excluding hydrogens is 376 g/mol. The van der Waals surface area contributed by atoms with Crippen molar-refractivity contribution in [2.24, 2.45) is 0 Å². The smallest absolute Gasteiger partial charge is 0.338 e. The van der Waals surface area contributed by atoms with Gasteiger partial charge in [-0.05, 0) is 36.8 Å². The number of benzene rings is 2. The monoisotopic (exact) mass is 394 g/mol. The summed E-state index contributed by atoms with van der Waals surface area (Å²) < 4.78 is 9.62. The number of phenols is 5. The molecule has 0 aliphatic heterocycles. The van der Waals surface area contributed by atoms with Crippen molar-refractivity contribution in [1.29, 1.82) is 0 Å². The van der Waals surface area contributed by atoms with Crippen molar-refractivity contribution in [3.8, 4) is 28.7 Å². The second-order valence-electron chi connectivity index (χ2n) is 5.87. The molecule has 0 saturated heterocycles. The van der Waals surface area contributed by atoms with Crippen molar-refractivity contribution < 1.29 is 49.7 Å². The number of hydrogen-bond donors (Lipinski definition) is 6. The summed E-state index contributed by atoms with van der Waals surface area (Å²) in [5.74, 6) is -4.99. The minimum Gasteiger partial charge on any atom is -0.504 e. The fourth-order valence-corrected chi connectivity index (χ4v) is 2.16. The Hall–Kier alpha value is -3.66. The summed E-state index contributed by atoms with van der Waals surface area (Å²) in [6.45, 7) is 0.381. The van der Waals surface area contributed by atoms with E-state index in [1.807, 2.05) is 0 Å². The largest absolute Gasteiger partial charge is 0.504 e. The van der Waals surface area contributed by atoms with Gasteiger partial charge in [-0.1, -0.05) is 0 Å². The molecule has 6 N–H and O–H groups in total. The van der Waals surface area contributed by atoms with Crippen LogP contribution in [0.3, 0.4) is 0 Å². The average Bonchev–Trinajstić information content (AvgIpc) is 2.65. The number of aryl methyl sites for hydroxylation is 1. The minimum atomic E-state index is -1.38. The van der Waals surface area contributed by atoms with Crippen LogP contribution in [0.2, 0.25) is 0 Å². The fraction of sp³-hybridized carbons (Fsp3) is 0.222. The molecule has 1 unspecified atom stereocenters. The predicted octanol–water partition coefficient (Wildman–Crippen LogP) is 0.898. The van der Waals surface area contributed by atoms with Crippen molar-refractivity contribution >= 4 is 11.9 Å². The molecule has 0 aliphatic carbocycles. The molecule has 2 aromatic carbocycles. The number of esters is 2. The number of carbonyl (C=O) groups excluding carboxylic acids is 2. The van der Waals surface area contributed by atoms with Gasteiger partial charge in [-0.25, -0.2) is 9.59 Å². The number of rotatable bonds is 6. The quantitative estimate of drug-likeness (QED) is 0.305. The van der Waals surface area contributed by atoms with Crippen LogP contribution in [0.5, 0.6) is 28.7 Å². The Morgan fingerprint density at radius 1 is 0.786 bits per heavy atom. The van der Waals surface area contributed by atoms with Crippen LogP contribution in [-0.4, -0.2) is 61.9 Å². The Bertz CT molecular complexity index is 786. The van der Waals surface area contributed by atoms with E-state index in [1.54, 1.807) is 0 Å². The molecule has 0 saturated carbocycles. The Morgan fingerprint density at radius 2 is 1.18 bits per heavy atom. The molecule has 28 heavy (non-hydrogen) atoms. The van der Waals surface area contributed by atoms with Gasteiger partial charge in [0.15, 0.2) is 28.7 Å². The summed E-state index contributed by atoms with van der Waals surface area (Å²) in [4.78, 5) is 23.8. The number of aliphatic hydroxyl groups excluding tert-OH is 1. The van der Waals surface area contributed by atoms with Gasteiger partial charge < -0.3 is 40.1 Å². The third kappa shape index (κ3) is 4.74. The summed E-state index contributed by atoms with van der Waals surface area (Å²) in [5, 5.41) is 56.7. The van der Waals surface area contributed by atoms with Crippen molar-refractivity contribution in [2.45, 2.75) is 13.0 Å². The van der Waals surface area contributed by atoms with Crippen molar-refractivity contribution in [2.75, 3.05) is 13.2 Å². The van der Waals surface area contributed by atoms with Gasteiger partial charge >= 0.3 is 11.9 Å². The highest BCUT2D eigenvalue weighted by Crippen LogP contribution is 2.35. The van der Waals surface area contributed by atoms with E-state index < -0.39 is 54.3 Å². The maximum absolute atomic E-state index is 11.9. The number of hydrogen-bond acceptors (Lipinski definition) is 10. The van der Waals surface area contributed by atoms with Crippen molar-refractivity contribution in [1.82, 2.24) is 0 Å². The van der Waals surface area contributed by atoms with Crippen molar-refractivity contribution in [3.63, 3.8) is 0 Å². The lowest BCUT2D eigenvalue weighted by atomic mass is 10.1. The molecule has 0 bridgehead atoms. The first-order valence-corrected chi connectivity index (χ1v) is 7.90. The zero-order valence-corrected chi connectivity index (χ0v) is 14.6. The lowest BCUT2D eigenvalue weighted by Gasteiger charge is -2.13. The average molecular weight is 394 g/mol. The van der Waals surface area contributed by atoms with Gasteiger partial charge in [-0.3, -0.25) is 0 Å². The molecule has 0 heterocycles. The van der Waals surface area contributed by atoms with Crippen molar-refractivity contribution in [3.05, 3.63) is 41.0 Å². The van der Waals surface area contributed by atoms with E-state index in [0.717, 1.165) is 18.2 Å². The number of ether oxygens (including phenoxy) is 2. The third-order valence-corrected chi connectivity index (χ3v) is 3.64. The predicted molar refractivity (Wildman–Crippen MR) is 92.5 cm³/mol. The molecule has 150 valence electrons. The second kappa shape index (κ2) is 8.35. The summed E-state index contributed by atoms with van der Waals surface area (Å²) in [6.07, 6.45) is -1.38. The molecule has 10 nitrogen and oxygen atoms in total. The van der Waals surface area contributed by atoms with Crippen LogP contribution < -0.4 is 0 Å². The lowest BCUT2D eigenvalue weighted by Crippen LogP contribution is -2.25. The molecule has 0 radical (unpaired) electrons. The normalized spacial score (nSPS) is 11.6. The summed E-state index contributed by atoms with van der Waals surface area (Å²) in [7, 11) is 0. The molecule has 10 heteroatoms. The van der Waals surface area contributed by atoms with Gasteiger partial charge in [0.2, 0.25) is 0 Å². The molecule has 2 aromatic rings. The van der Waals surface area contributed by atoms with Gasteiger partial charge in [-0.15, -0.1) is 0 Å². The van der Waals surface area contributed by atoms with Crippen LogP contribution >= 0.6 is 0 Å². The molecule has 0 fully saturated rings. The Balaban J connectivity index is 1.88. The lowest BCUT2D eigenvalue weighted by molar-refractivity contribution is -0.00475. The molecule has 2 rings (SSSR count). The number of aromatic hydroxyl groups is 5. The van der Waals surface area contributed by atoms with Crippen LogP contribution in [-0.2, 0) is 9.47 Å². The Labute approximate surface area is 158 Å². The van der Waals surface area contributed by atoms with Crippen LogP contribution in [0.25, 0.3) is 0 Å². The number of aliphatic hydroxyl groups is 1. The van der Waals surface area contributed by atoms with E-state index in [1.165, 1.54) is 13.0 Å². The Morgan fingerprint density at radius 3 is 1.61 bits per heavy atom. The van der Waals surface area contributed by atoms with Crippen LogP contribution in [0.4, 0.5) is 0 Å². The van der Waals surface area contributed by atoms with E-state index >= 15 is 0 Å². The van der Waals surface area contributed by atoms with Gasteiger partial charge in [0.25, 0.3) is 0 Å². The first kappa shape index (κ1) is 20.6. The fourth-order valence-electron chi connectivity index (χ4n) is 2.16. The third-order valence-electron chi connectivity index (χ3n) is 3.64. The number of carbonyl (C=O) groups is 2. The molecule has 0 amide bonds. The summed E-state index contributed by atoms with van der Waals surface area (Å²) in [5.41, 5.74) is -0.0686. The highest BCUT2D eigenvalue weighted by Gasteiger charge is 2.18. The molecule has 0 spiro atoms. The maximum atomic E-state index is 11.9. The van der Waals surface area contributed by atoms with Gasteiger partial charge in [0, 0.05) is 0 Å². The Kier molecular flexibility index (Phi) is 6.16. The molecular formula is C18H18O10. The first-order chi connectivity index (χ1) is 13.1. The summed E-state index contributed by atoms with van der Waals surface area (Å²) >= 11 is 0. The zero-order chi connectivity index (χ0) is 21.0. The minimum absolute atomic E-state index is 0.0490. The molecule has 0 aromatic heterocycles. The number of phenolic OH excluding ortho intramolecular Hbond substituents is 5. The maximum Gasteiger partial charge on any atom is 0.338 e. The van der Waals surface area contributed by atoms with Crippen LogP contribution in [0.15, 0.2) is 24.3 Å². The van der Waals surface area contributed by atoms with Gasteiger partial charge in [0.05, 0.1) is 11.1 Å². The second-order valence-corrected chi connectivity index (χ2v) is 5.87. The zero-order valence-electron chi connectivity index (χ0n) is 14.6. The highest BCUT2D eigenvalue weighted by molar-refractivity contribution is 5.91. The van der Waals surface area contributed by atoms with Gasteiger partial charge in [0.1, 0.15) is 19.3 Å². The van der Waals surface area contributed by atoms with E-state index in [4.69, 9.17) is 9.47 Å². The standard InChI is InChI=1S/C18H18O10/c1-8-2-9(3-12(20)15(8)23)17(25)27-6-11(19)7-28-18(26)10-4-13(21)16(24)14(22)5-10/h2-5,11,19-24H,6-7H2,1H3.